The molecule has 0 aromatic heterocycles. The van der Waals surface area contributed by atoms with Gasteiger partial charge in [-0.1, -0.05) is 32.6 Å². The first-order chi connectivity index (χ1) is 16.9. The van der Waals surface area contributed by atoms with E-state index in [4.69, 9.17) is 10.6 Å². The Hall–Kier alpha value is -3.64. The fourth-order valence-electron chi connectivity index (χ4n) is 2.85. The molecule has 1 rings (SSSR count). The molecule has 0 aliphatic carbocycles. The molecule has 0 saturated carbocycles. The minimum Gasteiger partial charge on any atom is -0.445 e. The van der Waals surface area contributed by atoms with Gasteiger partial charge in [-0.3, -0.25) is 14.4 Å². The third kappa shape index (κ3) is 11.7. The van der Waals surface area contributed by atoms with E-state index in [-0.39, 0.29) is 25.6 Å². The molecule has 1 aromatic carbocycles. The summed E-state index contributed by atoms with van der Waals surface area (Å²) < 4.78 is 5.29. The summed E-state index contributed by atoms with van der Waals surface area (Å²) in [7, 11) is 5.53. The Balaban J connectivity index is 2.49. The Kier molecular flexibility index (Phi) is 13.0. The number of hydrogen-bond acceptors (Lipinski definition) is 8. The predicted molar refractivity (Wildman–Crippen MR) is 137 cm³/mol. The molecule has 200 valence electrons. The molecule has 1 aromatic rings. The van der Waals surface area contributed by atoms with Crippen molar-refractivity contribution < 1.29 is 23.9 Å². The fourth-order valence-corrected chi connectivity index (χ4v) is 2.85. The van der Waals surface area contributed by atoms with E-state index in [1.165, 1.54) is 11.1 Å². The lowest BCUT2D eigenvalue weighted by Crippen LogP contribution is -2.53. The summed E-state index contributed by atoms with van der Waals surface area (Å²) in [5.74, 6) is 3.96. The average molecular weight is 506 g/mol. The number of carbonyl (C=O) groups excluding carboxylic acids is 4. The third-order valence-corrected chi connectivity index (χ3v) is 5.04. The van der Waals surface area contributed by atoms with Crippen molar-refractivity contribution in [3.63, 3.8) is 0 Å². The first-order valence-electron chi connectivity index (χ1n) is 11.5. The van der Waals surface area contributed by atoms with Crippen molar-refractivity contribution >= 4 is 29.5 Å². The van der Waals surface area contributed by atoms with Gasteiger partial charge in [0.05, 0.1) is 6.54 Å². The number of ether oxygens (including phenoxy) is 1. The highest BCUT2D eigenvalue weighted by Crippen LogP contribution is 2.11. The van der Waals surface area contributed by atoms with Crippen molar-refractivity contribution in [1.29, 1.82) is 0 Å². The fraction of sp³-hybridized carbons (Fsp3) is 0.500. The number of carbonyl (C=O) groups is 4. The summed E-state index contributed by atoms with van der Waals surface area (Å²) in [6.45, 7) is 7.98. The van der Waals surface area contributed by atoms with E-state index in [0.717, 1.165) is 17.1 Å². The van der Waals surface area contributed by atoms with Gasteiger partial charge in [0, 0.05) is 32.0 Å². The van der Waals surface area contributed by atoms with Crippen LogP contribution in [0.1, 0.15) is 19.4 Å². The van der Waals surface area contributed by atoms with Crippen LogP contribution in [0, 0.1) is 5.92 Å². The molecule has 5 N–H and O–H groups in total. The van der Waals surface area contributed by atoms with Gasteiger partial charge < -0.3 is 35.5 Å². The molecule has 12 nitrogen and oxygen atoms in total. The number of hydrogen-bond donors (Lipinski definition) is 4. The smallest absolute Gasteiger partial charge is 0.409 e. The highest BCUT2D eigenvalue weighted by Gasteiger charge is 2.24. The number of anilines is 1. The van der Waals surface area contributed by atoms with Crippen molar-refractivity contribution in [3.8, 4) is 0 Å². The molecule has 0 radical (unpaired) electrons. The molecule has 0 heterocycles. The average Bonchev–Trinajstić information content (AvgIpc) is 2.83. The summed E-state index contributed by atoms with van der Waals surface area (Å²) in [5, 5.41) is 8.92. The van der Waals surface area contributed by atoms with Gasteiger partial charge in [0.15, 0.2) is 0 Å². The van der Waals surface area contributed by atoms with Gasteiger partial charge in [0.1, 0.15) is 19.2 Å². The second-order valence-corrected chi connectivity index (χ2v) is 8.89. The molecule has 1 unspecified atom stereocenters. The van der Waals surface area contributed by atoms with Gasteiger partial charge in [-0.15, -0.1) is 0 Å². The van der Waals surface area contributed by atoms with Crippen molar-refractivity contribution in [2.45, 2.75) is 26.5 Å². The summed E-state index contributed by atoms with van der Waals surface area (Å²) in [6, 6.07) is 5.99. The Morgan fingerprint density at radius 3 is 2.25 bits per heavy atom. The van der Waals surface area contributed by atoms with Gasteiger partial charge in [-0.05, 0) is 37.7 Å². The van der Waals surface area contributed by atoms with Crippen LogP contribution in [0.4, 0.5) is 10.5 Å². The van der Waals surface area contributed by atoms with Crippen molar-refractivity contribution in [2.75, 3.05) is 52.6 Å². The second-order valence-electron chi connectivity index (χ2n) is 8.89. The van der Waals surface area contributed by atoms with E-state index in [1.807, 2.05) is 19.0 Å². The first kappa shape index (κ1) is 30.4. The number of rotatable bonds is 14. The quantitative estimate of drug-likeness (QED) is 0.209. The molecule has 0 fully saturated rings. The summed E-state index contributed by atoms with van der Waals surface area (Å²) in [4.78, 5) is 52.3. The largest absolute Gasteiger partial charge is 0.445 e. The molecule has 0 bridgehead atoms. The molecule has 12 heteroatoms. The van der Waals surface area contributed by atoms with E-state index >= 15 is 0 Å². The lowest BCUT2D eigenvalue weighted by atomic mass is 10.0. The zero-order valence-electron chi connectivity index (χ0n) is 21.7. The lowest BCUT2D eigenvalue weighted by molar-refractivity contribution is -0.131. The normalized spacial score (nSPS) is 11.4. The molecule has 0 aliphatic rings. The Labute approximate surface area is 212 Å². The van der Waals surface area contributed by atoms with Crippen LogP contribution in [0.25, 0.3) is 0 Å². The molecule has 4 amide bonds. The van der Waals surface area contributed by atoms with Crippen LogP contribution >= 0.6 is 0 Å². The number of nitrogens with zero attached hydrogens (tertiary/aromatic N) is 3. The summed E-state index contributed by atoms with van der Waals surface area (Å²) >= 11 is 0. The van der Waals surface area contributed by atoms with Gasteiger partial charge in [0.2, 0.25) is 17.7 Å². The summed E-state index contributed by atoms with van der Waals surface area (Å²) in [5.41, 5.74) is 1.28. The SMILES string of the molecule is C=CN(N)CC(=O)NC(C(=O)NCC(=O)Nc1ccc(COC(=O)N(C)CCN(C)C)cc1)C(C)C. The second kappa shape index (κ2) is 15.4. The number of amides is 4. The maximum atomic E-state index is 12.5. The Morgan fingerprint density at radius 1 is 1.06 bits per heavy atom. The first-order valence-corrected chi connectivity index (χ1v) is 11.5. The monoisotopic (exact) mass is 505 g/mol. The number of nitrogens with one attached hydrogen (secondary N) is 3. The standard InChI is InChI=1S/C24H39N7O5/c1-7-31(25)15-21(33)28-22(17(2)3)23(34)26-14-20(32)27-19-10-8-18(9-11-19)16-36-24(35)30(6)13-12-29(4)5/h7-11,17,22H,1,12-16,25H2,2-6H3,(H,26,34)(H,27,32)(H,28,33). The van der Waals surface area contributed by atoms with Crippen LogP contribution in [0.15, 0.2) is 37.0 Å². The van der Waals surface area contributed by atoms with E-state index in [2.05, 4.69) is 22.5 Å². The van der Waals surface area contributed by atoms with Crippen LogP contribution in [0.3, 0.4) is 0 Å². The highest BCUT2D eigenvalue weighted by atomic mass is 16.6. The van der Waals surface area contributed by atoms with Crippen LogP contribution in [-0.2, 0) is 25.7 Å². The van der Waals surface area contributed by atoms with Crippen molar-refractivity contribution in [2.24, 2.45) is 11.8 Å². The van der Waals surface area contributed by atoms with E-state index in [0.29, 0.717) is 12.2 Å². The van der Waals surface area contributed by atoms with Crippen LogP contribution < -0.4 is 21.8 Å². The van der Waals surface area contributed by atoms with Gasteiger partial charge in [-0.2, -0.15) is 0 Å². The maximum Gasteiger partial charge on any atom is 0.409 e. The third-order valence-electron chi connectivity index (χ3n) is 5.04. The molecule has 0 aliphatic heterocycles. The van der Waals surface area contributed by atoms with E-state index in [1.54, 1.807) is 45.2 Å². The lowest BCUT2D eigenvalue weighted by Gasteiger charge is -2.22. The minimum atomic E-state index is -0.826. The van der Waals surface area contributed by atoms with Crippen molar-refractivity contribution in [1.82, 2.24) is 25.4 Å². The van der Waals surface area contributed by atoms with Crippen LogP contribution in [0.2, 0.25) is 0 Å². The van der Waals surface area contributed by atoms with E-state index < -0.39 is 29.9 Å². The number of nitrogens with two attached hydrogens (primary N) is 1. The molecule has 0 saturated heterocycles. The molecule has 1 atom stereocenters. The molecule has 0 spiro atoms. The predicted octanol–water partition coefficient (Wildman–Crippen LogP) is 0.331. The number of likely N-dealkylation sites (N-methyl/N-ethyl adjacent to an activating group) is 2. The zero-order chi connectivity index (χ0) is 27.3. The summed E-state index contributed by atoms with van der Waals surface area (Å²) in [6.07, 6.45) is 0.876. The van der Waals surface area contributed by atoms with Crippen LogP contribution in [-0.4, -0.2) is 92.0 Å². The van der Waals surface area contributed by atoms with Crippen LogP contribution in [0.5, 0.6) is 0 Å². The Bertz CT molecular complexity index is 889. The minimum absolute atomic E-state index is 0.104. The molecule has 36 heavy (non-hydrogen) atoms. The van der Waals surface area contributed by atoms with E-state index in [9.17, 15) is 19.2 Å². The topological polar surface area (TPSA) is 149 Å². The van der Waals surface area contributed by atoms with Gasteiger partial charge >= 0.3 is 6.09 Å². The highest BCUT2D eigenvalue weighted by molar-refractivity contribution is 5.96. The molecular weight excluding hydrogens is 466 g/mol. The number of benzene rings is 1. The van der Waals surface area contributed by atoms with Crippen molar-refractivity contribution in [3.05, 3.63) is 42.6 Å². The molecular formula is C24H39N7O5. The van der Waals surface area contributed by atoms with Gasteiger partial charge in [-0.25, -0.2) is 10.6 Å². The number of hydrazine groups is 1. The zero-order valence-corrected chi connectivity index (χ0v) is 21.7. The van der Waals surface area contributed by atoms with Gasteiger partial charge in [0.25, 0.3) is 0 Å². The Morgan fingerprint density at radius 2 is 1.69 bits per heavy atom. The maximum absolute atomic E-state index is 12.5.